The van der Waals surface area contributed by atoms with Crippen molar-refractivity contribution in [1.82, 2.24) is 30.0 Å². The average molecular weight is 348 g/mol. The summed E-state index contributed by atoms with van der Waals surface area (Å²) in [6.07, 6.45) is 0. The number of hydrogen-bond acceptors (Lipinski definition) is 5. The zero-order valence-electron chi connectivity index (χ0n) is 14.6. The molecule has 26 heavy (non-hydrogen) atoms. The largest absolute Gasteiger partial charge is 0.336 e. The lowest BCUT2D eigenvalue weighted by molar-refractivity contribution is 0.0664. The van der Waals surface area contributed by atoms with Crippen LogP contribution in [-0.2, 0) is 0 Å². The molecule has 0 bridgehead atoms. The number of aromatic nitrogens is 4. The van der Waals surface area contributed by atoms with Gasteiger partial charge in [0.05, 0.1) is 5.69 Å². The Hall–Kier alpha value is -3.06. The van der Waals surface area contributed by atoms with E-state index in [1.807, 2.05) is 59.5 Å². The van der Waals surface area contributed by atoms with Crippen molar-refractivity contribution < 1.29 is 4.79 Å². The number of hydrogen-bond donors (Lipinski definition) is 0. The summed E-state index contributed by atoms with van der Waals surface area (Å²) in [6.45, 7) is 3.30. The fraction of sp³-hybridized carbons (Fsp3) is 0.263. The standard InChI is InChI=1S/C19H20N6O/c1-23-10-12-24(13-11-23)19(26)16-7-5-6-15(14-16)18-20-21-22-25(18)17-8-3-2-4-9-17/h2-9,14H,10-13H2,1H3. The summed E-state index contributed by atoms with van der Waals surface area (Å²) in [7, 11) is 2.08. The van der Waals surface area contributed by atoms with Gasteiger partial charge in [0.25, 0.3) is 5.91 Å². The first-order valence-electron chi connectivity index (χ1n) is 8.64. The number of para-hydroxylation sites is 1. The quantitative estimate of drug-likeness (QED) is 0.721. The highest BCUT2D eigenvalue weighted by molar-refractivity contribution is 5.95. The monoisotopic (exact) mass is 348 g/mol. The topological polar surface area (TPSA) is 67.2 Å². The molecule has 0 atom stereocenters. The smallest absolute Gasteiger partial charge is 0.253 e. The Bertz CT molecular complexity index is 899. The molecule has 4 rings (SSSR count). The molecule has 0 unspecified atom stereocenters. The molecule has 1 aromatic heterocycles. The van der Waals surface area contributed by atoms with Gasteiger partial charge in [0.1, 0.15) is 0 Å². The second-order valence-corrected chi connectivity index (χ2v) is 6.43. The van der Waals surface area contributed by atoms with Crippen LogP contribution in [0, 0.1) is 0 Å². The van der Waals surface area contributed by atoms with Crippen molar-refractivity contribution in [3.63, 3.8) is 0 Å². The second-order valence-electron chi connectivity index (χ2n) is 6.43. The van der Waals surface area contributed by atoms with E-state index in [0.717, 1.165) is 37.4 Å². The molecule has 2 aromatic carbocycles. The van der Waals surface area contributed by atoms with Gasteiger partial charge in [-0.1, -0.05) is 30.3 Å². The molecule has 0 aliphatic carbocycles. The van der Waals surface area contributed by atoms with E-state index in [1.54, 1.807) is 4.68 Å². The van der Waals surface area contributed by atoms with Crippen molar-refractivity contribution in [3.05, 3.63) is 60.2 Å². The predicted octanol–water partition coefficient (Wildman–Crippen LogP) is 1.72. The first kappa shape index (κ1) is 16.4. The van der Waals surface area contributed by atoms with Crippen LogP contribution in [0.1, 0.15) is 10.4 Å². The molecular formula is C19H20N6O. The van der Waals surface area contributed by atoms with Gasteiger partial charge in [0.15, 0.2) is 5.82 Å². The summed E-state index contributed by atoms with van der Waals surface area (Å²) >= 11 is 0. The number of tetrazole rings is 1. The molecule has 0 radical (unpaired) electrons. The van der Waals surface area contributed by atoms with Crippen molar-refractivity contribution in [2.24, 2.45) is 0 Å². The summed E-state index contributed by atoms with van der Waals surface area (Å²) in [6, 6.07) is 17.2. The van der Waals surface area contributed by atoms with Crippen molar-refractivity contribution in [3.8, 4) is 17.1 Å². The van der Waals surface area contributed by atoms with Gasteiger partial charge in [-0.25, -0.2) is 0 Å². The lowest BCUT2D eigenvalue weighted by Gasteiger charge is -2.32. The summed E-state index contributed by atoms with van der Waals surface area (Å²) in [4.78, 5) is 17.0. The average Bonchev–Trinajstić information content (AvgIpc) is 3.19. The van der Waals surface area contributed by atoms with Crippen LogP contribution in [0.25, 0.3) is 17.1 Å². The summed E-state index contributed by atoms with van der Waals surface area (Å²) < 4.78 is 1.68. The van der Waals surface area contributed by atoms with Crippen LogP contribution < -0.4 is 0 Å². The van der Waals surface area contributed by atoms with Crippen LogP contribution in [-0.4, -0.2) is 69.1 Å². The maximum absolute atomic E-state index is 12.8. The Morgan fingerprint density at radius 1 is 0.962 bits per heavy atom. The Morgan fingerprint density at radius 2 is 1.73 bits per heavy atom. The number of carbonyl (C=O) groups is 1. The third-order valence-electron chi connectivity index (χ3n) is 4.63. The molecule has 7 heteroatoms. The SMILES string of the molecule is CN1CCN(C(=O)c2cccc(-c3nnnn3-c3ccccc3)c2)CC1. The number of rotatable bonds is 3. The van der Waals surface area contributed by atoms with E-state index in [4.69, 9.17) is 0 Å². The van der Waals surface area contributed by atoms with Crippen LogP contribution in [0.5, 0.6) is 0 Å². The summed E-state index contributed by atoms with van der Waals surface area (Å²) in [5.41, 5.74) is 2.36. The Labute approximate surface area is 151 Å². The van der Waals surface area contributed by atoms with Gasteiger partial charge in [-0.05, 0) is 41.7 Å². The number of likely N-dealkylation sites (N-methyl/N-ethyl adjacent to an activating group) is 1. The van der Waals surface area contributed by atoms with Crippen molar-refractivity contribution >= 4 is 5.91 Å². The van der Waals surface area contributed by atoms with Crippen LogP contribution >= 0.6 is 0 Å². The van der Waals surface area contributed by atoms with Crippen molar-refractivity contribution in [1.29, 1.82) is 0 Å². The summed E-state index contributed by atoms with van der Waals surface area (Å²) in [5, 5.41) is 12.1. The first-order valence-corrected chi connectivity index (χ1v) is 8.64. The molecule has 1 fully saturated rings. The lowest BCUT2D eigenvalue weighted by atomic mass is 10.1. The molecule has 1 saturated heterocycles. The number of carbonyl (C=O) groups excluding carboxylic acids is 1. The molecule has 0 N–H and O–H groups in total. The number of nitrogens with zero attached hydrogens (tertiary/aromatic N) is 6. The summed E-state index contributed by atoms with van der Waals surface area (Å²) in [5.74, 6) is 0.669. The molecule has 1 aliphatic rings. The van der Waals surface area contributed by atoms with E-state index >= 15 is 0 Å². The van der Waals surface area contributed by atoms with E-state index in [1.165, 1.54) is 0 Å². The minimum atomic E-state index is 0.0543. The number of amides is 1. The normalized spacial score (nSPS) is 15.2. The molecule has 1 amide bonds. The number of benzene rings is 2. The number of piperazine rings is 1. The predicted molar refractivity (Wildman–Crippen MR) is 98.0 cm³/mol. The van der Waals surface area contributed by atoms with E-state index in [9.17, 15) is 4.79 Å². The maximum atomic E-state index is 12.8. The van der Waals surface area contributed by atoms with Gasteiger partial charge >= 0.3 is 0 Å². The van der Waals surface area contributed by atoms with E-state index in [-0.39, 0.29) is 5.91 Å². The van der Waals surface area contributed by atoms with Crippen LogP contribution in [0.3, 0.4) is 0 Å². The third-order valence-corrected chi connectivity index (χ3v) is 4.63. The fourth-order valence-electron chi connectivity index (χ4n) is 3.09. The molecule has 132 valence electrons. The van der Waals surface area contributed by atoms with E-state index < -0.39 is 0 Å². The van der Waals surface area contributed by atoms with Gasteiger partial charge in [0.2, 0.25) is 0 Å². The molecule has 1 aliphatic heterocycles. The molecule has 0 spiro atoms. The van der Waals surface area contributed by atoms with Crippen molar-refractivity contribution in [2.45, 2.75) is 0 Å². The van der Waals surface area contributed by atoms with Crippen molar-refractivity contribution in [2.75, 3.05) is 33.2 Å². The highest BCUT2D eigenvalue weighted by Gasteiger charge is 2.21. The zero-order chi connectivity index (χ0) is 17.9. The highest BCUT2D eigenvalue weighted by atomic mass is 16.2. The Morgan fingerprint density at radius 3 is 2.50 bits per heavy atom. The zero-order valence-corrected chi connectivity index (χ0v) is 14.6. The lowest BCUT2D eigenvalue weighted by Crippen LogP contribution is -2.47. The first-order chi connectivity index (χ1) is 12.7. The van der Waals surface area contributed by atoms with Gasteiger partial charge in [-0.15, -0.1) is 5.10 Å². The minimum absolute atomic E-state index is 0.0543. The second kappa shape index (κ2) is 7.05. The maximum Gasteiger partial charge on any atom is 0.253 e. The van der Waals surface area contributed by atoms with E-state index in [2.05, 4.69) is 27.5 Å². The molecule has 2 heterocycles. The molecule has 0 saturated carbocycles. The van der Waals surface area contributed by atoms with Crippen LogP contribution in [0.15, 0.2) is 54.6 Å². The van der Waals surface area contributed by atoms with Gasteiger partial charge < -0.3 is 9.80 Å². The van der Waals surface area contributed by atoms with Gasteiger partial charge in [-0.2, -0.15) is 4.68 Å². The molecule has 7 nitrogen and oxygen atoms in total. The van der Waals surface area contributed by atoms with Gasteiger partial charge in [-0.3, -0.25) is 4.79 Å². The fourth-order valence-corrected chi connectivity index (χ4v) is 3.09. The van der Waals surface area contributed by atoms with E-state index in [0.29, 0.717) is 11.4 Å². The third kappa shape index (κ3) is 3.21. The Kier molecular flexibility index (Phi) is 4.45. The highest BCUT2D eigenvalue weighted by Crippen LogP contribution is 2.21. The van der Waals surface area contributed by atoms with Crippen LogP contribution in [0.4, 0.5) is 0 Å². The molecular weight excluding hydrogens is 328 g/mol. The van der Waals surface area contributed by atoms with Gasteiger partial charge in [0, 0.05) is 37.3 Å². The Balaban J connectivity index is 1.63. The van der Waals surface area contributed by atoms with Crippen LogP contribution in [0.2, 0.25) is 0 Å². The molecule has 3 aromatic rings. The minimum Gasteiger partial charge on any atom is -0.336 e.